The zero-order chi connectivity index (χ0) is 14.0. The predicted octanol–water partition coefficient (Wildman–Crippen LogP) is 3.57. The van der Waals surface area contributed by atoms with E-state index in [0.29, 0.717) is 16.5 Å². The van der Waals surface area contributed by atoms with Gasteiger partial charge in [-0.05, 0) is 37.3 Å². The molecule has 0 saturated heterocycles. The van der Waals surface area contributed by atoms with Gasteiger partial charge in [0, 0.05) is 5.56 Å². The highest BCUT2D eigenvalue weighted by atomic mass is 35.5. The van der Waals surface area contributed by atoms with Crippen LogP contribution in [-0.4, -0.2) is 10.9 Å². The fraction of sp³-hybridized carbons (Fsp3) is 0.0769. The SMILES string of the molecule is Cc1nc(Cl)ccc1NC(=O)c1ccc(F)c(F)c1. The summed E-state index contributed by atoms with van der Waals surface area (Å²) >= 11 is 5.69. The van der Waals surface area contributed by atoms with Crippen LogP contribution >= 0.6 is 11.6 Å². The molecule has 3 nitrogen and oxygen atoms in total. The van der Waals surface area contributed by atoms with E-state index in [9.17, 15) is 13.6 Å². The van der Waals surface area contributed by atoms with Gasteiger partial charge < -0.3 is 5.32 Å². The number of amides is 1. The Labute approximate surface area is 113 Å². The second-order valence-corrected chi connectivity index (χ2v) is 4.24. The minimum Gasteiger partial charge on any atom is -0.320 e. The Morgan fingerprint density at radius 2 is 1.95 bits per heavy atom. The van der Waals surface area contributed by atoms with Gasteiger partial charge in [0.25, 0.3) is 5.91 Å². The van der Waals surface area contributed by atoms with Crippen LogP contribution in [0.5, 0.6) is 0 Å². The number of aromatic nitrogens is 1. The fourth-order valence-corrected chi connectivity index (χ4v) is 1.68. The molecule has 2 rings (SSSR count). The minimum atomic E-state index is -1.07. The van der Waals surface area contributed by atoms with Gasteiger partial charge in [-0.3, -0.25) is 4.79 Å². The van der Waals surface area contributed by atoms with Crippen LogP contribution in [0.15, 0.2) is 30.3 Å². The van der Waals surface area contributed by atoms with Gasteiger partial charge in [0.1, 0.15) is 5.15 Å². The molecule has 0 aliphatic carbocycles. The monoisotopic (exact) mass is 282 g/mol. The summed E-state index contributed by atoms with van der Waals surface area (Å²) < 4.78 is 25.8. The highest BCUT2D eigenvalue weighted by Crippen LogP contribution is 2.17. The number of hydrogen-bond donors (Lipinski definition) is 1. The first-order chi connectivity index (χ1) is 8.97. The summed E-state index contributed by atoms with van der Waals surface area (Å²) in [7, 11) is 0. The number of carbonyl (C=O) groups excluding carboxylic acids is 1. The molecule has 19 heavy (non-hydrogen) atoms. The van der Waals surface area contributed by atoms with Gasteiger partial charge in [-0.15, -0.1) is 0 Å². The molecule has 0 radical (unpaired) electrons. The summed E-state index contributed by atoms with van der Waals surface area (Å²) in [5.74, 6) is -2.62. The van der Waals surface area contributed by atoms with Gasteiger partial charge in [-0.25, -0.2) is 13.8 Å². The molecule has 0 saturated carbocycles. The van der Waals surface area contributed by atoms with Gasteiger partial charge in [0.2, 0.25) is 0 Å². The number of carbonyl (C=O) groups is 1. The zero-order valence-corrected chi connectivity index (χ0v) is 10.6. The predicted molar refractivity (Wildman–Crippen MR) is 68.3 cm³/mol. The third-order valence-electron chi connectivity index (χ3n) is 2.48. The topological polar surface area (TPSA) is 42.0 Å². The smallest absolute Gasteiger partial charge is 0.255 e. The number of pyridine rings is 1. The number of nitrogens with one attached hydrogen (secondary N) is 1. The Kier molecular flexibility index (Phi) is 3.76. The molecule has 1 aromatic carbocycles. The van der Waals surface area contributed by atoms with Crippen molar-refractivity contribution < 1.29 is 13.6 Å². The fourth-order valence-electron chi connectivity index (χ4n) is 1.49. The molecule has 0 aliphatic rings. The lowest BCUT2D eigenvalue weighted by atomic mass is 10.2. The van der Waals surface area contributed by atoms with Crippen molar-refractivity contribution in [3.63, 3.8) is 0 Å². The maximum Gasteiger partial charge on any atom is 0.255 e. The van der Waals surface area contributed by atoms with Crippen molar-refractivity contribution in [3.05, 3.63) is 58.4 Å². The summed E-state index contributed by atoms with van der Waals surface area (Å²) in [5.41, 5.74) is 1.01. The van der Waals surface area contributed by atoms with E-state index in [2.05, 4.69) is 10.3 Å². The van der Waals surface area contributed by atoms with Crippen molar-refractivity contribution >= 4 is 23.2 Å². The Balaban J connectivity index is 2.23. The third kappa shape index (κ3) is 3.06. The number of nitrogens with zero attached hydrogens (tertiary/aromatic N) is 1. The van der Waals surface area contributed by atoms with Crippen LogP contribution < -0.4 is 5.32 Å². The standard InChI is InChI=1S/C13H9ClF2N2O/c1-7-11(4-5-12(14)17-7)18-13(19)8-2-3-9(15)10(16)6-8/h2-6H,1H3,(H,18,19). The Morgan fingerprint density at radius 3 is 2.58 bits per heavy atom. The summed E-state index contributed by atoms with van der Waals surface area (Å²) in [5, 5.41) is 2.86. The quantitative estimate of drug-likeness (QED) is 0.856. The highest BCUT2D eigenvalue weighted by molar-refractivity contribution is 6.29. The van der Waals surface area contributed by atoms with E-state index >= 15 is 0 Å². The average molecular weight is 283 g/mol. The molecule has 1 heterocycles. The normalized spacial score (nSPS) is 10.3. The maximum absolute atomic E-state index is 13.0. The molecule has 0 unspecified atom stereocenters. The largest absolute Gasteiger partial charge is 0.320 e. The zero-order valence-electron chi connectivity index (χ0n) is 9.88. The van der Waals surface area contributed by atoms with Crippen molar-refractivity contribution in [1.82, 2.24) is 4.98 Å². The molecule has 0 bridgehead atoms. The molecule has 0 fully saturated rings. The van der Waals surface area contributed by atoms with Crippen LogP contribution in [0.4, 0.5) is 14.5 Å². The highest BCUT2D eigenvalue weighted by Gasteiger charge is 2.11. The Bertz CT molecular complexity index is 647. The van der Waals surface area contributed by atoms with Crippen molar-refractivity contribution in [2.75, 3.05) is 5.32 Å². The van der Waals surface area contributed by atoms with Crippen molar-refractivity contribution in [1.29, 1.82) is 0 Å². The second-order valence-electron chi connectivity index (χ2n) is 3.85. The maximum atomic E-state index is 13.0. The van der Waals surface area contributed by atoms with Crippen molar-refractivity contribution in [3.8, 4) is 0 Å². The third-order valence-corrected chi connectivity index (χ3v) is 2.69. The molecule has 1 amide bonds. The number of aryl methyl sites for hydroxylation is 1. The number of hydrogen-bond acceptors (Lipinski definition) is 2. The molecule has 0 atom stereocenters. The first kappa shape index (κ1) is 13.4. The molecule has 98 valence electrons. The van der Waals surface area contributed by atoms with Crippen LogP contribution in [0.25, 0.3) is 0 Å². The van der Waals surface area contributed by atoms with Crippen molar-refractivity contribution in [2.24, 2.45) is 0 Å². The molecular formula is C13H9ClF2N2O. The first-order valence-electron chi connectivity index (χ1n) is 5.37. The van der Waals surface area contributed by atoms with Crippen LogP contribution in [0, 0.1) is 18.6 Å². The summed E-state index contributed by atoms with van der Waals surface area (Å²) in [6.07, 6.45) is 0. The molecule has 1 N–H and O–H groups in total. The number of rotatable bonds is 2. The van der Waals surface area contributed by atoms with E-state index < -0.39 is 17.5 Å². The Hall–Kier alpha value is -2.01. The van der Waals surface area contributed by atoms with E-state index in [1.165, 1.54) is 12.1 Å². The lowest BCUT2D eigenvalue weighted by Crippen LogP contribution is -2.13. The number of benzene rings is 1. The number of anilines is 1. The van der Waals surface area contributed by atoms with Gasteiger partial charge in [-0.1, -0.05) is 11.6 Å². The molecule has 2 aromatic rings. The molecule has 1 aromatic heterocycles. The van der Waals surface area contributed by atoms with Crippen LogP contribution in [0.3, 0.4) is 0 Å². The van der Waals surface area contributed by atoms with Gasteiger partial charge in [0.05, 0.1) is 11.4 Å². The van der Waals surface area contributed by atoms with E-state index in [0.717, 1.165) is 12.1 Å². The van der Waals surface area contributed by atoms with E-state index in [4.69, 9.17) is 11.6 Å². The van der Waals surface area contributed by atoms with Gasteiger partial charge in [-0.2, -0.15) is 0 Å². The summed E-state index contributed by atoms with van der Waals surface area (Å²) in [6, 6.07) is 6.05. The minimum absolute atomic E-state index is 0.0215. The van der Waals surface area contributed by atoms with Crippen LogP contribution in [-0.2, 0) is 0 Å². The van der Waals surface area contributed by atoms with E-state index in [1.54, 1.807) is 13.0 Å². The molecule has 0 aliphatic heterocycles. The van der Waals surface area contributed by atoms with Gasteiger partial charge >= 0.3 is 0 Å². The second kappa shape index (κ2) is 5.32. The lowest BCUT2D eigenvalue weighted by Gasteiger charge is -2.08. The Morgan fingerprint density at radius 1 is 1.21 bits per heavy atom. The summed E-state index contributed by atoms with van der Waals surface area (Å²) in [4.78, 5) is 15.8. The summed E-state index contributed by atoms with van der Waals surface area (Å²) in [6.45, 7) is 1.67. The number of halogens is 3. The molecule has 0 spiro atoms. The lowest BCUT2D eigenvalue weighted by molar-refractivity contribution is 0.102. The molecular weight excluding hydrogens is 274 g/mol. The van der Waals surface area contributed by atoms with Crippen LogP contribution in [0.1, 0.15) is 16.1 Å². The van der Waals surface area contributed by atoms with Crippen LogP contribution in [0.2, 0.25) is 5.15 Å². The van der Waals surface area contributed by atoms with Crippen molar-refractivity contribution in [2.45, 2.75) is 6.92 Å². The first-order valence-corrected chi connectivity index (χ1v) is 5.74. The van der Waals surface area contributed by atoms with Gasteiger partial charge in [0.15, 0.2) is 11.6 Å². The van der Waals surface area contributed by atoms with E-state index in [-0.39, 0.29) is 5.56 Å². The average Bonchev–Trinajstić information content (AvgIpc) is 2.36. The van der Waals surface area contributed by atoms with E-state index in [1.807, 2.05) is 0 Å². The molecule has 6 heteroatoms.